The number of aryl methyl sites for hydroxylation is 1. The topological polar surface area (TPSA) is 3.24 Å². The van der Waals surface area contributed by atoms with E-state index in [1.54, 1.807) is 0 Å². The third-order valence-electron chi connectivity index (χ3n) is 1.58. The van der Waals surface area contributed by atoms with Gasteiger partial charge in [-0.3, -0.25) is 0 Å². The largest absolute Gasteiger partial charge is 0.432 e. The molecule has 1 rings (SSSR count). The van der Waals surface area contributed by atoms with Gasteiger partial charge in [-0.1, -0.05) is 18.2 Å². The van der Waals surface area contributed by atoms with Gasteiger partial charge < -0.3 is 4.23 Å². The van der Waals surface area contributed by atoms with Crippen molar-refractivity contribution in [3.63, 3.8) is 0 Å². The van der Waals surface area contributed by atoms with Crippen molar-refractivity contribution in [3.05, 3.63) is 29.8 Å². The average Bonchev–Trinajstić information content (AvgIpc) is 2.10. The molecule has 0 spiro atoms. The molecule has 56 valence electrons. The van der Waals surface area contributed by atoms with Crippen LogP contribution in [0.2, 0.25) is 0 Å². The molecular formula is C7H7NSi4. The standard InChI is InChI=1S/C7H7NSi4/c1-6-4-2-3-5-7(6)8(11-9)12-10/h2-5H,1H3. The van der Waals surface area contributed by atoms with Crippen LogP contribution in [0.3, 0.4) is 0 Å². The summed E-state index contributed by atoms with van der Waals surface area (Å²) in [5.74, 6) is 0. The van der Waals surface area contributed by atoms with Gasteiger partial charge in [-0.2, -0.15) is 0 Å². The van der Waals surface area contributed by atoms with Gasteiger partial charge >= 0.3 is 0 Å². The van der Waals surface area contributed by atoms with Gasteiger partial charge in [-0.05, 0) is 18.6 Å². The van der Waals surface area contributed by atoms with Crippen LogP contribution in [-0.2, 0) is 0 Å². The van der Waals surface area contributed by atoms with Gasteiger partial charge in [0.05, 0.1) is 0 Å². The minimum absolute atomic E-state index is 0.625. The van der Waals surface area contributed by atoms with Crippen LogP contribution in [0.25, 0.3) is 0 Å². The van der Waals surface area contributed by atoms with E-state index in [1.165, 1.54) is 11.3 Å². The lowest BCUT2D eigenvalue weighted by Crippen LogP contribution is -2.32. The first-order valence-electron chi connectivity index (χ1n) is 3.50. The maximum atomic E-state index is 3.52. The second-order valence-corrected chi connectivity index (χ2v) is 5.48. The molecule has 0 heterocycles. The van der Waals surface area contributed by atoms with Crippen molar-refractivity contribution in [1.29, 1.82) is 0 Å². The summed E-state index contributed by atoms with van der Waals surface area (Å²) in [4.78, 5) is 0. The fourth-order valence-electron chi connectivity index (χ4n) is 0.963. The van der Waals surface area contributed by atoms with E-state index in [1.807, 2.05) is 0 Å². The van der Waals surface area contributed by atoms with Gasteiger partial charge in [0, 0.05) is 25.2 Å². The molecule has 0 aromatic heterocycles. The van der Waals surface area contributed by atoms with Crippen molar-refractivity contribution in [1.82, 2.24) is 0 Å². The van der Waals surface area contributed by atoms with Crippen LogP contribution in [0.1, 0.15) is 5.56 Å². The summed E-state index contributed by atoms with van der Waals surface area (Å²) in [5, 5.41) is 0. The molecule has 0 amide bonds. The smallest absolute Gasteiger partial charge is 0.143 e. The first-order chi connectivity index (χ1) is 5.79. The van der Waals surface area contributed by atoms with Crippen molar-refractivity contribution in [3.8, 4) is 0 Å². The van der Waals surface area contributed by atoms with Crippen LogP contribution in [0.4, 0.5) is 5.69 Å². The number of rotatable bonds is 3. The molecule has 0 unspecified atom stereocenters. The van der Waals surface area contributed by atoms with E-state index < -0.39 is 0 Å². The van der Waals surface area contributed by atoms with Crippen molar-refractivity contribution >= 4 is 43.6 Å². The minimum atomic E-state index is 0.625. The molecule has 0 aliphatic carbocycles. The molecule has 0 saturated carbocycles. The maximum Gasteiger partial charge on any atom is 0.143 e. The zero-order valence-corrected chi connectivity index (χ0v) is 10.8. The van der Waals surface area contributed by atoms with Gasteiger partial charge in [-0.25, -0.2) is 0 Å². The van der Waals surface area contributed by atoms with Crippen molar-refractivity contribution in [2.24, 2.45) is 0 Å². The third-order valence-corrected chi connectivity index (χ3v) is 5.86. The first-order valence-corrected chi connectivity index (χ1v) is 8.39. The molecule has 10 radical (unpaired) electrons. The highest BCUT2D eigenvalue weighted by atomic mass is 29.2. The number of benzene rings is 1. The number of hydrogen-bond donors (Lipinski definition) is 0. The Labute approximate surface area is 84.8 Å². The third kappa shape index (κ3) is 2.19. The summed E-state index contributed by atoms with van der Waals surface area (Å²) in [6.45, 7) is 2.13. The number of nitrogens with zero attached hydrogens (tertiary/aromatic N) is 1. The Morgan fingerprint density at radius 2 is 1.75 bits per heavy atom. The van der Waals surface area contributed by atoms with Gasteiger partial charge in [0.1, 0.15) is 18.4 Å². The molecule has 5 heteroatoms. The van der Waals surface area contributed by atoms with Crippen molar-refractivity contribution < 1.29 is 0 Å². The fraction of sp³-hybridized carbons (Fsp3) is 0.143. The maximum absolute atomic E-state index is 3.52. The molecule has 0 fully saturated rings. The molecule has 0 aliphatic rings. The summed E-state index contributed by atoms with van der Waals surface area (Å²) >= 11 is 0. The van der Waals surface area contributed by atoms with E-state index >= 15 is 0 Å². The monoisotopic (exact) mass is 217 g/mol. The second kappa shape index (κ2) is 4.80. The summed E-state index contributed by atoms with van der Waals surface area (Å²) in [6.07, 6.45) is 0. The Bertz CT molecular complexity index is 249. The van der Waals surface area contributed by atoms with E-state index in [0.717, 1.165) is 0 Å². The first kappa shape index (κ1) is 9.97. The Balaban J connectivity index is 2.92. The van der Waals surface area contributed by atoms with E-state index in [9.17, 15) is 0 Å². The highest BCUT2D eigenvalue weighted by Gasteiger charge is 2.03. The Morgan fingerprint density at radius 1 is 1.17 bits per heavy atom. The van der Waals surface area contributed by atoms with E-state index in [0.29, 0.717) is 18.4 Å². The SMILES string of the molecule is Cc1ccccc1N([Si][Si])[Si][Si]. The lowest BCUT2D eigenvalue weighted by Gasteiger charge is -2.22. The quantitative estimate of drug-likeness (QED) is 0.654. The highest BCUT2D eigenvalue weighted by Crippen LogP contribution is 2.16. The van der Waals surface area contributed by atoms with Crippen LogP contribution >= 0.6 is 0 Å². The van der Waals surface area contributed by atoms with E-state index in [2.05, 4.69) is 54.9 Å². The Morgan fingerprint density at radius 3 is 2.25 bits per heavy atom. The van der Waals surface area contributed by atoms with E-state index in [-0.39, 0.29) is 0 Å². The summed E-state index contributed by atoms with van der Waals surface area (Å²) in [6, 6.07) is 8.38. The summed E-state index contributed by atoms with van der Waals surface area (Å²) in [5.41, 5.74) is 2.60. The molecule has 1 aromatic carbocycles. The lowest BCUT2D eigenvalue weighted by molar-refractivity contribution is 1.42. The van der Waals surface area contributed by atoms with Crippen LogP contribution < -0.4 is 4.23 Å². The predicted molar refractivity (Wildman–Crippen MR) is 56.7 cm³/mol. The van der Waals surface area contributed by atoms with Crippen LogP contribution in [0.15, 0.2) is 24.3 Å². The Kier molecular flexibility index (Phi) is 3.99. The predicted octanol–water partition coefficient (Wildman–Crippen LogP) is 0.207. The van der Waals surface area contributed by atoms with Gasteiger partial charge in [0.2, 0.25) is 0 Å². The summed E-state index contributed by atoms with van der Waals surface area (Å²) < 4.78 is 2.25. The van der Waals surface area contributed by atoms with Gasteiger partial charge in [-0.15, -0.1) is 0 Å². The second-order valence-electron chi connectivity index (χ2n) is 2.35. The molecule has 1 nitrogen and oxygen atoms in total. The highest BCUT2D eigenvalue weighted by molar-refractivity contribution is 7.05. The zero-order chi connectivity index (χ0) is 8.97. The minimum Gasteiger partial charge on any atom is -0.432 e. The van der Waals surface area contributed by atoms with Gasteiger partial charge in [0.15, 0.2) is 0 Å². The zero-order valence-electron chi connectivity index (χ0n) is 6.76. The van der Waals surface area contributed by atoms with Crippen LogP contribution in [-0.4, -0.2) is 37.9 Å². The fourth-order valence-corrected chi connectivity index (χ4v) is 4.66. The number of anilines is 1. The average molecular weight is 217 g/mol. The van der Waals surface area contributed by atoms with Crippen LogP contribution in [0, 0.1) is 6.92 Å². The van der Waals surface area contributed by atoms with Gasteiger partial charge in [0.25, 0.3) is 0 Å². The molecule has 0 saturated heterocycles. The number of para-hydroxylation sites is 1. The molecule has 0 N–H and O–H groups in total. The molecule has 12 heavy (non-hydrogen) atoms. The van der Waals surface area contributed by atoms with Crippen LogP contribution in [0.5, 0.6) is 0 Å². The molecule has 0 bridgehead atoms. The van der Waals surface area contributed by atoms with E-state index in [4.69, 9.17) is 0 Å². The van der Waals surface area contributed by atoms with Crippen molar-refractivity contribution in [2.45, 2.75) is 6.92 Å². The Hall–Kier alpha value is -0.112. The molecular weight excluding hydrogens is 210 g/mol. The molecule has 0 atom stereocenters. The molecule has 0 aliphatic heterocycles. The summed E-state index contributed by atoms with van der Waals surface area (Å²) in [7, 11) is 8.30. The lowest BCUT2D eigenvalue weighted by atomic mass is 10.2. The number of hydrogen-bond acceptors (Lipinski definition) is 1. The molecule has 1 aromatic rings. The van der Waals surface area contributed by atoms with Crippen molar-refractivity contribution in [2.75, 3.05) is 4.23 Å². The normalized spacial score (nSPS) is 9.92.